The number of aliphatic carboxylic acids is 1. The molecule has 0 aliphatic carbocycles. The lowest BCUT2D eigenvalue weighted by molar-refractivity contribution is -0.142. The minimum atomic E-state index is -1.13. The number of carbonyl (C=O) groups is 4. The van der Waals surface area contributed by atoms with Gasteiger partial charge in [-0.15, -0.1) is 32.9 Å². The number of hydrogen-bond acceptors (Lipinski definition) is 11. The molecule has 4 N–H and O–H groups in total. The maximum absolute atomic E-state index is 16.1. The van der Waals surface area contributed by atoms with Crippen LogP contribution in [0.3, 0.4) is 0 Å². The van der Waals surface area contributed by atoms with Crippen LogP contribution in [-0.4, -0.2) is 89.0 Å². The van der Waals surface area contributed by atoms with E-state index >= 15 is 4.39 Å². The number of thiazole rings is 1. The third-order valence-electron chi connectivity index (χ3n) is 12.8. The molecule has 8 rings (SSSR count). The summed E-state index contributed by atoms with van der Waals surface area (Å²) < 4.78 is 18.0. The van der Waals surface area contributed by atoms with Crippen molar-refractivity contribution in [2.45, 2.75) is 99.0 Å². The Balaban J connectivity index is 0.987. The number of rotatable bonds is 11. The number of aryl methyl sites for hydroxylation is 3. The second kappa shape index (κ2) is 18.3. The van der Waals surface area contributed by atoms with Crippen molar-refractivity contribution in [3.05, 3.63) is 128 Å². The summed E-state index contributed by atoms with van der Waals surface area (Å²) in [6.07, 6.45) is -0.919. The summed E-state index contributed by atoms with van der Waals surface area (Å²) in [4.78, 5) is 67.1. The van der Waals surface area contributed by atoms with Crippen LogP contribution in [0.2, 0.25) is 0 Å². The van der Waals surface area contributed by atoms with E-state index in [0.29, 0.717) is 28.5 Å². The maximum Gasteiger partial charge on any atom is 0.308 e. The Hall–Kier alpha value is -6.43. The van der Waals surface area contributed by atoms with Crippen molar-refractivity contribution >= 4 is 52.1 Å². The van der Waals surface area contributed by atoms with Gasteiger partial charge in [0.25, 0.3) is 5.91 Å². The number of amides is 3. The molecular weight excluding hydrogens is 892 g/mol. The molecule has 6 atom stereocenters. The Morgan fingerprint density at radius 3 is 2.19 bits per heavy atom. The van der Waals surface area contributed by atoms with Gasteiger partial charge in [0.15, 0.2) is 5.82 Å². The SMILES string of the molecule is Cc1ncsc1-c1ccc([C@H](C)NC(=O)[C@@H]2C[C@@H](O)CN2C(=O)[C@@H](NC(=O)c2ccc(-c3ccc(C4=N[C@@H](C(C)C(=O)O)c5nnc(C)n5-c5sc(C)c(C)c54)cc3)c(F)c2)C(C)(C)C)cc1. The number of β-amino-alcohol motifs (C(OH)–C–C–N with tert-alkyl or cyclic N) is 1. The fourth-order valence-corrected chi connectivity index (χ4v) is 10.8. The number of aliphatic imine (C=N–C) groups is 1. The quantitative estimate of drug-likeness (QED) is 0.0994. The molecule has 0 radical (unpaired) electrons. The summed E-state index contributed by atoms with van der Waals surface area (Å²) in [5, 5.41) is 36.1. The molecule has 67 heavy (non-hydrogen) atoms. The van der Waals surface area contributed by atoms with Crippen LogP contribution in [0.1, 0.15) is 108 Å². The van der Waals surface area contributed by atoms with Gasteiger partial charge in [-0.1, -0.05) is 75.4 Å². The summed E-state index contributed by atoms with van der Waals surface area (Å²) >= 11 is 3.11. The van der Waals surface area contributed by atoms with Gasteiger partial charge in [0.2, 0.25) is 11.8 Å². The first-order valence-corrected chi connectivity index (χ1v) is 23.8. The highest BCUT2D eigenvalue weighted by Gasteiger charge is 2.45. The van der Waals surface area contributed by atoms with E-state index in [2.05, 4.69) is 25.8 Å². The average molecular weight is 945 g/mol. The summed E-state index contributed by atoms with van der Waals surface area (Å²) in [5.74, 6) is -3.17. The van der Waals surface area contributed by atoms with Gasteiger partial charge >= 0.3 is 5.97 Å². The van der Waals surface area contributed by atoms with Crippen LogP contribution >= 0.6 is 22.7 Å². The fourth-order valence-electron chi connectivity index (χ4n) is 8.75. The van der Waals surface area contributed by atoms with Gasteiger partial charge < -0.3 is 25.7 Å². The van der Waals surface area contributed by atoms with E-state index in [4.69, 9.17) is 4.99 Å². The molecule has 0 spiro atoms. The molecule has 3 aromatic carbocycles. The number of aromatic nitrogens is 4. The van der Waals surface area contributed by atoms with Gasteiger partial charge in [0.1, 0.15) is 34.8 Å². The molecule has 1 unspecified atom stereocenters. The van der Waals surface area contributed by atoms with Gasteiger partial charge in [0, 0.05) is 40.1 Å². The van der Waals surface area contributed by atoms with E-state index in [1.54, 1.807) is 68.0 Å². The summed E-state index contributed by atoms with van der Waals surface area (Å²) in [7, 11) is 0. The molecule has 3 aromatic heterocycles. The standard InChI is InChI=1S/C50H53FN8O6S2/c1-24-28(5)67-48-39(24)41(54-40(25(2)49(64)65)44-57-56-29(6)59(44)48)32-14-12-31(13-15-32)36-19-18-34(20-37(36)51)45(61)55-43(50(7,8)9)47(63)58-22-35(60)21-38(58)46(62)53-26(3)30-10-16-33(17-11-30)42-27(4)52-23-66-42/h10-20,23,25-26,35,38,40,43,60H,21-22H2,1-9H3,(H,53,62)(H,55,61)(H,64,65)/t25?,26-,35+,38-,40-,43+/m0/s1. The van der Waals surface area contributed by atoms with Crippen molar-refractivity contribution in [2.75, 3.05) is 6.54 Å². The summed E-state index contributed by atoms with van der Waals surface area (Å²) in [6.45, 7) is 16.5. The topological polar surface area (TPSA) is 192 Å². The van der Waals surface area contributed by atoms with Crippen molar-refractivity contribution in [3.8, 4) is 26.6 Å². The lowest BCUT2D eigenvalue weighted by atomic mass is 9.85. The minimum absolute atomic E-state index is 0.00875. The van der Waals surface area contributed by atoms with E-state index in [1.165, 1.54) is 17.0 Å². The number of thiophene rings is 1. The molecule has 2 aliphatic heterocycles. The van der Waals surface area contributed by atoms with Gasteiger partial charge in [0.05, 0.1) is 39.9 Å². The Bertz CT molecular complexity index is 2930. The zero-order chi connectivity index (χ0) is 48.2. The predicted octanol–water partition coefficient (Wildman–Crippen LogP) is 8.09. The number of nitrogens with one attached hydrogen (secondary N) is 2. The van der Waals surface area contributed by atoms with Crippen molar-refractivity contribution in [2.24, 2.45) is 16.3 Å². The molecule has 6 aromatic rings. The normalized spacial score (nSPS) is 18.3. The molecular formula is C50H53FN8O6S2. The number of carbonyl (C=O) groups excluding carboxylic acids is 3. The fraction of sp³-hybridized carbons (Fsp3) is 0.360. The van der Waals surface area contributed by atoms with Crippen molar-refractivity contribution < 1.29 is 33.8 Å². The maximum atomic E-state index is 16.1. The van der Waals surface area contributed by atoms with Crippen molar-refractivity contribution in [1.82, 2.24) is 35.3 Å². The van der Waals surface area contributed by atoms with E-state index in [0.717, 1.165) is 48.8 Å². The number of nitrogens with zero attached hydrogens (tertiary/aromatic N) is 6. The largest absolute Gasteiger partial charge is 0.481 e. The molecule has 2 aliphatic rings. The highest BCUT2D eigenvalue weighted by Crippen LogP contribution is 2.41. The number of benzene rings is 3. The number of aliphatic hydroxyl groups is 1. The number of likely N-dealkylation sites (tertiary alicyclic amines) is 1. The van der Waals surface area contributed by atoms with E-state index in [9.17, 15) is 29.4 Å². The Morgan fingerprint density at radius 2 is 1.57 bits per heavy atom. The predicted molar refractivity (Wildman–Crippen MR) is 256 cm³/mol. The van der Waals surface area contributed by atoms with E-state index in [1.807, 2.05) is 75.6 Å². The third kappa shape index (κ3) is 9.07. The summed E-state index contributed by atoms with van der Waals surface area (Å²) in [5.41, 5.74) is 7.69. The van der Waals surface area contributed by atoms with Crippen LogP contribution in [0.15, 0.2) is 77.2 Å². The highest BCUT2D eigenvalue weighted by molar-refractivity contribution is 7.15. The second-order valence-corrected chi connectivity index (χ2v) is 20.6. The first-order chi connectivity index (χ1) is 31.7. The average Bonchev–Trinajstić information content (AvgIpc) is 4.05. The first-order valence-electron chi connectivity index (χ1n) is 22.1. The molecule has 0 saturated carbocycles. The lowest BCUT2D eigenvalue weighted by Gasteiger charge is -2.35. The van der Waals surface area contributed by atoms with Crippen LogP contribution < -0.4 is 10.6 Å². The van der Waals surface area contributed by atoms with Crippen LogP contribution in [0.4, 0.5) is 4.39 Å². The van der Waals surface area contributed by atoms with Gasteiger partial charge in [-0.2, -0.15) is 0 Å². The van der Waals surface area contributed by atoms with Crippen LogP contribution in [0.25, 0.3) is 26.6 Å². The van der Waals surface area contributed by atoms with E-state index < -0.39 is 71.1 Å². The van der Waals surface area contributed by atoms with Gasteiger partial charge in [-0.05, 0) is 81.3 Å². The molecule has 0 bridgehead atoms. The van der Waals surface area contributed by atoms with Crippen LogP contribution in [0.5, 0.6) is 0 Å². The molecule has 1 saturated heterocycles. The first kappa shape index (κ1) is 47.1. The molecule has 17 heteroatoms. The molecule has 1 fully saturated rings. The molecule has 3 amide bonds. The number of hydrogen-bond donors (Lipinski definition) is 4. The lowest BCUT2D eigenvalue weighted by Crippen LogP contribution is -2.57. The van der Waals surface area contributed by atoms with Crippen LogP contribution in [0, 0.1) is 44.8 Å². The van der Waals surface area contributed by atoms with Crippen molar-refractivity contribution in [3.63, 3.8) is 0 Å². The molecule has 348 valence electrons. The zero-order valence-electron chi connectivity index (χ0n) is 38.7. The van der Waals surface area contributed by atoms with Crippen molar-refractivity contribution in [1.29, 1.82) is 0 Å². The highest BCUT2D eigenvalue weighted by atomic mass is 32.1. The monoisotopic (exact) mass is 944 g/mol. The number of aliphatic hydroxyl groups excluding tert-OH is 1. The second-order valence-electron chi connectivity index (χ2n) is 18.5. The van der Waals surface area contributed by atoms with Crippen LogP contribution in [-0.2, 0) is 14.4 Å². The number of fused-ring (bicyclic) bond motifs is 3. The van der Waals surface area contributed by atoms with Gasteiger partial charge in [-0.25, -0.2) is 9.37 Å². The Morgan fingerprint density at radius 1 is 0.896 bits per heavy atom. The summed E-state index contributed by atoms with van der Waals surface area (Å²) in [6, 6.07) is 15.8. The van der Waals surface area contributed by atoms with Gasteiger partial charge in [-0.3, -0.25) is 28.7 Å². The smallest absolute Gasteiger partial charge is 0.308 e. The minimum Gasteiger partial charge on any atom is -0.481 e. The third-order valence-corrected chi connectivity index (χ3v) is 15.0. The van der Waals surface area contributed by atoms with E-state index in [-0.39, 0.29) is 24.1 Å². The number of carboxylic acid groups (broad SMARTS) is 1. The Kier molecular flexibility index (Phi) is 12.9. The Labute approximate surface area is 396 Å². The number of halogens is 1. The molecule has 14 nitrogen and oxygen atoms in total. The number of carboxylic acids is 1. The zero-order valence-corrected chi connectivity index (χ0v) is 40.3. The molecule has 5 heterocycles.